The van der Waals surface area contributed by atoms with E-state index in [-0.39, 0.29) is 11.7 Å². The number of halogens is 1. The van der Waals surface area contributed by atoms with E-state index in [4.69, 9.17) is 4.74 Å². The number of carbonyl (C=O) groups excluding carboxylic acids is 2. The van der Waals surface area contributed by atoms with Crippen molar-refractivity contribution in [2.45, 2.75) is 0 Å². The maximum atomic E-state index is 12.3. The Morgan fingerprint density at radius 1 is 1.03 bits per heavy atom. The molecule has 0 heterocycles. The molecule has 0 saturated carbocycles. The average molecular weight is 468 g/mol. The molecule has 0 aliphatic rings. The number of benzene rings is 3. The van der Waals surface area contributed by atoms with Gasteiger partial charge in [-0.15, -0.1) is 0 Å². The molecule has 0 spiro atoms. The van der Waals surface area contributed by atoms with Crippen LogP contribution in [0.4, 0.5) is 5.69 Å². The summed E-state index contributed by atoms with van der Waals surface area (Å²) in [6.45, 7) is 0. The maximum absolute atomic E-state index is 12.3. The fourth-order valence-electron chi connectivity index (χ4n) is 2.54. The largest absolute Gasteiger partial charge is 0.507 e. The van der Waals surface area contributed by atoms with Gasteiger partial charge < -0.3 is 15.2 Å². The predicted molar refractivity (Wildman–Crippen MR) is 118 cm³/mol. The van der Waals surface area contributed by atoms with Crippen LogP contribution in [0.5, 0.6) is 11.5 Å². The minimum Gasteiger partial charge on any atom is -0.507 e. The molecule has 0 fully saturated rings. The van der Waals surface area contributed by atoms with Crippen LogP contribution >= 0.6 is 15.9 Å². The van der Waals surface area contributed by atoms with E-state index in [1.165, 1.54) is 19.4 Å². The van der Waals surface area contributed by atoms with E-state index >= 15 is 0 Å². The van der Waals surface area contributed by atoms with E-state index in [1.807, 2.05) is 6.07 Å². The van der Waals surface area contributed by atoms with Crippen molar-refractivity contribution in [3.05, 3.63) is 87.9 Å². The average Bonchev–Trinajstić information content (AvgIpc) is 2.75. The number of phenolic OH excluding ortho intramolecular Hbond substituents is 1. The molecule has 0 atom stereocenters. The molecule has 3 aromatic carbocycles. The van der Waals surface area contributed by atoms with Gasteiger partial charge >= 0.3 is 0 Å². The zero-order chi connectivity index (χ0) is 21.5. The van der Waals surface area contributed by atoms with Crippen LogP contribution in [0.25, 0.3) is 0 Å². The fourth-order valence-corrected chi connectivity index (χ4v) is 3.00. The summed E-state index contributed by atoms with van der Waals surface area (Å²) in [5.74, 6) is -0.126. The van der Waals surface area contributed by atoms with E-state index in [0.29, 0.717) is 32.6 Å². The number of amides is 2. The number of rotatable bonds is 6. The van der Waals surface area contributed by atoms with E-state index in [0.717, 1.165) is 0 Å². The monoisotopic (exact) mass is 467 g/mol. The first-order chi connectivity index (χ1) is 14.5. The number of nitrogens with zero attached hydrogens (tertiary/aromatic N) is 1. The molecule has 0 saturated heterocycles. The number of aromatic hydroxyl groups is 1. The second kappa shape index (κ2) is 9.71. The second-order valence-corrected chi connectivity index (χ2v) is 6.99. The van der Waals surface area contributed by atoms with Crippen LogP contribution < -0.4 is 15.5 Å². The van der Waals surface area contributed by atoms with Crippen molar-refractivity contribution in [1.82, 2.24) is 5.43 Å². The molecule has 30 heavy (non-hydrogen) atoms. The zero-order valence-corrected chi connectivity index (χ0v) is 17.5. The summed E-state index contributed by atoms with van der Waals surface area (Å²) in [6, 6.07) is 18.2. The number of anilines is 1. The van der Waals surface area contributed by atoms with Crippen molar-refractivity contribution >= 4 is 39.6 Å². The molecule has 0 bridgehead atoms. The molecule has 3 N–H and O–H groups in total. The molecule has 2 amide bonds. The van der Waals surface area contributed by atoms with Gasteiger partial charge in [0.05, 0.1) is 18.9 Å². The Hall–Kier alpha value is -3.65. The number of hydrogen-bond acceptors (Lipinski definition) is 5. The SMILES string of the molecule is COc1ccc(O)c(C=NNC(=O)c2ccc(NC(=O)c3ccccc3Br)cc2)c1. The number of ether oxygens (including phenoxy) is 1. The van der Waals surface area contributed by atoms with Gasteiger partial charge in [-0.3, -0.25) is 9.59 Å². The summed E-state index contributed by atoms with van der Waals surface area (Å²) in [5, 5.41) is 16.5. The molecule has 0 aliphatic carbocycles. The lowest BCUT2D eigenvalue weighted by atomic mass is 10.1. The number of hydrogen-bond donors (Lipinski definition) is 3. The minimum atomic E-state index is -0.433. The number of phenols is 1. The van der Waals surface area contributed by atoms with E-state index < -0.39 is 5.91 Å². The molecule has 0 unspecified atom stereocenters. The second-order valence-electron chi connectivity index (χ2n) is 6.14. The number of carbonyl (C=O) groups is 2. The molecule has 0 aliphatic heterocycles. The highest BCUT2D eigenvalue weighted by Gasteiger charge is 2.10. The third-order valence-corrected chi connectivity index (χ3v) is 4.82. The smallest absolute Gasteiger partial charge is 0.271 e. The molecule has 3 aromatic rings. The summed E-state index contributed by atoms with van der Waals surface area (Å²) in [7, 11) is 1.51. The number of nitrogens with one attached hydrogen (secondary N) is 2. The lowest BCUT2D eigenvalue weighted by Crippen LogP contribution is -2.18. The number of methoxy groups -OCH3 is 1. The van der Waals surface area contributed by atoms with Crippen LogP contribution in [0, 0.1) is 0 Å². The Bertz CT molecular complexity index is 1100. The van der Waals surface area contributed by atoms with Crippen LogP contribution in [0.15, 0.2) is 76.3 Å². The first kappa shape index (κ1) is 21.1. The third-order valence-electron chi connectivity index (χ3n) is 4.13. The zero-order valence-electron chi connectivity index (χ0n) is 15.9. The highest BCUT2D eigenvalue weighted by molar-refractivity contribution is 9.10. The van der Waals surface area contributed by atoms with Crippen LogP contribution in [-0.4, -0.2) is 30.2 Å². The Morgan fingerprint density at radius 3 is 2.47 bits per heavy atom. The summed E-state index contributed by atoms with van der Waals surface area (Å²) in [4.78, 5) is 24.6. The summed E-state index contributed by atoms with van der Waals surface area (Å²) in [5.41, 5.74) is 4.22. The molecule has 0 radical (unpaired) electrons. The van der Waals surface area contributed by atoms with Crippen LogP contribution in [0.3, 0.4) is 0 Å². The van der Waals surface area contributed by atoms with Crippen molar-refractivity contribution < 1.29 is 19.4 Å². The highest BCUT2D eigenvalue weighted by atomic mass is 79.9. The van der Waals surface area contributed by atoms with Gasteiger partial charge in [-0.05, 0) is 70.5 Å². The number of hydrazone groups is 1. The Balaban J connectivity index is 1.61. The lowest BCUT2D eigenvalue weighted by molar-refractivity contribution is 0.0954. The van der Waals surface area contributed by atoms with Crippen molar-refractivity contribution in [2.24, 2.45) is 5.10 Å². The quantitative estimate of drug-likeness (QED) is 0.373. The molecule has 3 rings (SSSR count). The third kappa shape index (κ3) is 5.24. The Kier molecular flexibility index (Phi) is 6.82. The van der Waals surface area contributed by atoms with Gasteiger partial charge in [0.15, 0.2) is 0 Å². The van der Waals surface area contributed by atoms with Crippen molar-refractivity contribution in [3.8, 4) is 11.5 Å². The maximum Gasteiger partial charge on any atom is 0.271 e. The predicted octanol–water partition coefficient (Wildman–Crippen LogP) is 4.18. The normalized spacial score (nSPS) is 10.6. The van der Waals surface area contributed by atoms with Crippen molar-refractivity contribution in [3.63, 3.8) is 0 Å². The Morgan fingerprint density at radius 2 is 1.77 bits per heavy atom. The summed E-state index contributed by atoms with van der Waals surface area (Å²) >= 11 is 3.34. The lowest BCUT2D eigenvalue weighted by Gasteiger charge is -2.07. The summed E-state index contributed by atoms with van der Waals surface area (Å²) < 4.78 is 5.78. The van der Waals surface area contributed by atoms with Gasteiger partial charge in [-0.25, -0.2) is 5.43 Å². The van der Waals surface area contributed by atoms with Gasteiger partial charge in [0.1, 0.15) is 11.5 Å². The fraction of sp³-hybridized carbons (Fsp3) is 0.0455. The van der Waals surface area contributed by atoms with E-state index in [1.54, 1.807) is 54.6 Å². The van der Waals surface area contributed by atoms with Crippen LogP contribution in [-0.2, 0) is 0 Å². The topological polar surface area (TPSA) is 100 Å². The van der Waals surface area contributed by atoms with E-state index in [2.05, 4.69) is 31.8 Å². The molecule has 8 heteroatoms. The van der Waals surface area contributed by atoms with Crippen molar-refractivity contribution in [2.75, 3.05) is 12.4 Å². The first-order valence-electron chi connectivity index (χ1n) is 8.84. The summed E-state index contributed by atoms with van der Waals surface area (Å²) in [6.07, 6.45) is 1.32. The van der Waals surface area contributed by atoms with Crippen LogP contribution in [0.1, 0.15) is 26.3 Å². The van der Waals surface area contributed by atoms with E-state index in [9.17, 15) is 14.7 Å². The molecular formula is C22H18BrN3O4. The molecular weight excluding hydrogens is 450 g/mol. The Labute approximate surface area is 181 Å². The molecule has 152 valence electrons. The van der Waals surface area contributed by atoms with Gasteiger partial charge in [-0.1, -0.05) is 12.1 Å². The first-order valence-corrected chi connectivity index (χ1v) is 9.63. The van der Waals surface area contributed by atoms with Crippen molar-refractivity contribution in [1.29, 1.82) is 0 Å². The van der Waals surface area contributed by atoms with Gasteiger partial charge in [0, 0.05) is 21.3 Å². The van der Waals surface area contributed by atoms with Gasteiger partial charge in [-0.2, -0.15) is 5.10 Å². The van der Waals surface area contributed by atoms with Crippen LogP contribution in [0.2, 0.25) is 0 Å². The standard InChI is InChI=1S/C22H18BrN3O4/c1-30-17-10-11-20(27)15(12-17)13-24-26-21(28)14-6-8-16(9-7-14)25-22(29)18-4-2-3-5-19(18)23/h2-13,27H,1H3,(H,25,29)(H,26,28). The molecule has 0 aromatic heterocycles. The molecule has 7 nitrogen and oxygen atoms in total. The van der Waals surface area contributed by atoms with Gasteiger partial charge in [0.25, 0.3) is 11.8 Å². The highest BCUT2D eigenvalue weighted by Crippen LogP contribution is 2.21. The minimum absolute atomic E-state index is 0.0129. The van der Waals surface area contributed by atoms with Gasteiger partial charge in [0.2, 0.25) is 0 Å².